The van der Waals surface area contributed by atoms with Crippen molar-refractivity contribution in [2.75, 3.05) is 11.9 Å². The highest BCUT2D eigenvalue weighted by atomic mass is 19.1. The van der Waals surface area contributed by atoms with Gasteiger partial charge in [-0.3, -0.25) is 0 Å². The van der Waals surface area contributed by atoms with Crippen LogP contribution in [0.3, 0.4) is 0 Å². The summed E-state index contributed by atoms with van der Waals surface area (Å²) in [7, 11) is 0. The van der Waals surface area contributed by atoms with Crippen molar-refractivity contribution < 1.29 is 24.2 Å². The van der Waals surface area contributed by atoms with Crippen molar-refractivity contribution in [1.82, 2.24) is 4.90 Å². The zero-order valence-electron chi connectivity index (χ0n) is 10.8. The second-order valence-electron chi connectivity index (χ2n) is 4.84. The first-order valence-electron chi connectivity index (χ1n) is 6.12. The standard InChI is InChI=1S/C13H15FN2O4/c1-7-2-8(14)4-9(3-7)15-13(20)16-6-10(17)5-11(16)12(18)19/h2-4,10-11,17H,5-6H2,1H3,(H,15,20)(H,18,19)/t10?,11-/m0/s1. The van der Waals surface area contributed by atoms with Gasteiger partial charge >= 0.3 is 12.0 Å². The summed E-state index contributed by atoms with van der Waals surface area (Å²) in [4.78, 5) is 24.1. The van der Waals surface area contributed by atoms with Gasteiger partial charge in [-0.25, -0.2) is 14.0 Å². The monoisotopic (exact) mass is 282 g/mol. The number of nitrogens with zero attached hydrogens (tertiary/aromatic N) is 1. The predicted molar refractivity (Wildman–Crippen MR) is 68.9 cm³/mol. The van der Waals surface area contributed by atoms with Gasteiger partial charge in [0.2, 0.25) is 0 Å². The van der Waals surface area contributed by atoms with Gasteiger partial charge in [-0.05, 0) is 30.7 Å². The number of aliphatic carboxylic acids is 1. The van der Waals surface area contributed by atoms with Crippen LogP contribution in [0.15, 0.2) is 18.2 Å². The molecule has 3 N–H and O–H groups in total. The molecular formula is C13H15FN2O4. The van der Waals surface area contributed by atoms with Crippen molar-refractivity contribution in [3.8, 4) is 0 Å². The lowest BCUT2D eigenvalue weighted by molar-refractivity contribution is -0.141. The van der Waals surface area contributed by atoms with E-state index in [4.69, 9.17) is 5.11 Å². The fourth-order valence-corrected chi connectivity index (χ4v) is 2.28. The minimum Gasteiger partial charge on any atom is -0.480 e. The highest BCUT2D eigenvalue weighted by Crippen LogP contribution is 2.20. The Bertz CT molecular complexity index is 529. The third-order valence-electron chi connectivity index (χ3n) is 3.12. The molecule has 2 rings (SSSR count). The third-order valence-corrected chi connectivity index (χ3v) is 3.12. The predicted octanol–water partition coefficient (Wildman–Crippen LogP) is 1.19. The quantitative estimate of drug-likeness (QED) is 0.760. The number of halogens is 1. The lowest BCUT2D eigenvalue weighted by Gasteiger charge is -2.21. The van der Waals surface area contributed by atoms with Gasteiger partial charge in [0.05, 0.1) is 6.10 Å². The molecule has 20 heavy (non-hydrogen) atoms. The first kappa shape index (κ1) is 14.3. The minimum absolute atomic E-state index is 0.00900. The normalized spacial score (nSPS) is 21.9. The second kappa shape index (κ2) is 5.46. The van der Waals surface area contributed by atoms with Crippen molar-refractivity contribution in [3.05, 3.63) is 29.6 Å². The Morgan fingerprint density at radius 3 is 2.70 bits per heavy atom. The molecule has 1 fully saturated rings. The van der Waals surface area contributed by atoms with Crippen LogP contribution in [0, 0.1) is 12.7 Å². The van der Waals surface area contributed by atoms with Gasteiger partial charge in [0.25, 0.3) is 0 Å². The van der Waals surface area contributed by atoms with E-state index in [1.165, 1.54) is 6.07 Å². The van der Waals surface area contributed by atoms with Crippen molar-refractivity contribution in [3.63, 3.8) is 0 Å². The molecule has 0 aliphatic carbocycles. The molecule has 1 aliphatic heterocycles. The number of carboxylic acids is 1. The Hall–Kier alpha value is -2.15. The van der Waals surface area contributed by atoms with Crippen molar-refractivity contribution in [1.29, 1.82) is 0 Å². The first-order valence-corrected chi connectivity index (χ1v) is 6.12. The molecule has 0 spiro atoms. The number of hydrogen-bond acceptors (Lipinski definition) is 3. The van der Waals surface area contributed by atoms with Crippen molar-refractivity contribution in [2.45, 2.75) is 25.5 Å². The number of carboxylic acid groups (broad SMARTS) is 1. The average molecular weight is 282 g/mol. The number of aliphatic hydroxyl groups excluding tert-OH is 1. The SMILES string of the molecule is Cc1cc(F)cc(NC(=O)N2CC(O)C[C@H]2C(=O)O)c1. The summed E-state index contributed by atoms with van der Waals surface area (Å²) < 4.78 is 13.2. The molecular weight excluding hydrogens is 267 g/mol. The topological polar surface area (TPSA) is 89.9 Å². The second-order valence-corrected chi connectivity index (χ2v) is 4.84. The van der Waals surface area contributed by atoms with Gasteiger partial charge in [0.15, 0.2) is 0 Å². The van der Waals surface area contributed by atoms with E-state index < -0.39 is 30.0 Å². The van der Waals surface area contributed by atoms with Crippen LogP contribution in [0.2, 0.25) is 0 Å². The Morgan fingerprint density at radius 2 is 2.10 bits per heavy atom. The van der Waals surface area contributed by atoms with Crippen LogP contribution in [0.5, 0.6) is 0 Å². The maximum atomic E-state index is 13.2. The Kier molecular flexibility index (Phi) is 3.89. The van der Waals surface area contributed by atoms with Gasteiger partial charge < -0.3 is 20.4 Å². The average Bonchev–Trinajstić information content (AvgIpc) is 2.70. The maximum absolute atomic E-state index is 13.2. The van der Waals surface area contributed by atoms with Crippen LogP contribution in [-0.4, -0.2) is 45.8 Å². The van der Waals surface area contributed by atoms with Crippen LogP contribution in [0.4, 0.5) is 14.9 Å². The molecule has 1 aliphatic rings. The molecule has 7 heteroatoms. The molecule has 2 atom stereocenters. The Morgan fingerprint density at radius 1 is 1.40 bits per heavy atom. The summed E-state index contributed by atoms with van der Waals surface area (Å²) in [6.07, 6.45) is -0.874. The van der Waals surface area contributed by atoms with E-state index in [-0.39, 0.29) is 18.7 Å². The molecule has 0 radical (unpaired) electrons. The Labute approximate surface area is 114 Å². The van der Waals surface area contributed by atoms with Crippen molar-refractivity contribution >= 4 is 17.7 Å². The number of aliphatic hydroxyl groups is 1. The highest BCUT2D eigenvalue weighted by Gasteiger charge is 2.39. The van der Waals surface area contributed by atoms with Gasteiger partial charge in [0.1, 0.15) is 11.9 Å². The van der Waals surface area contributed by atoms with E-state index in [2.05, 4.69) is 5.32 Å². The van der Waals surface area contributed by atoms with Crippen LogP contribution in [-0.2, 0) is 4.79 Å². The molecule has 1 saturated heterocycles. The van der Waals surface area contributed by atoms with E-state index in [1.807, 2.05) is 0 Å². The number of carbonyl (C=O) groups excluding carboxylic acids is 1. The molecule has 108 valence electrons. The zero-order valence-corrected chi connectivity index (χ0v) is 10.8. The van der Waals surface area contributed by atoms with Gasteiger partial charge in [-0.1, -0.05) is 0 Å². The molecule has 1 aromatic rings. The summed E-state index contributed by atoms with van der Waals surface area (Å²) in [5, 5.41) is 20.9. The highest BCUT2D eigenvalue weighted by molar-refractivity contribution is 5.92. The van der Waals surface area contributed by atoms with Gasteiger partial charge in [-0.2, -0.15) is 0 Å². The van der Waals surface area contributed by atoms with E-state index in [9.17, 15) is 19.1 Å². The van der Waals surface area contributed by atoms with Gasteiger partial charge in [-0.15, -0.1) is 0 Å². The summed E-state index contributed by atoms with van der Waals surface area (Å²) >= 11 is 0. The van der Waals surface area contributed by atoms with Crippen molar-refractivity contribution in [2.24, 2.45) is 0 Å². The first-order chi connectivity index (χ1) is 9.36. The zero-order chi connectivity index (χ0) is 14.9. The fraction of sp³-hybridized carbons (Fsp3) is 0.385. The number of anilines is 1. The largest absolute Gasteiger partial charge is 0.480 e. The maximum Gasteiger partial charge on any atom is 0.326 e. The summed E-state index contributed by atoms with van der Waals surface area (Å²) in [5.41, 5.74) is 0.884. The number of nitrogens with one attached hydrogen (secondary N) is 1. The molecule has 0 aromatic heterocycles. The summed E-state index contributed by atoms with van der Waals surface area (Å²) in [6, 6.07) is 2.30. The van der Waals surface area contributed by atoms with E-state index >= 15 is 0 Å². The van der Waals surface area contributed by atoms with Gasteiger partial charge in [0, 0.05) is 18.7 Å². The molecule has 1 heterocycles. The van der Waals surface area contributed by atoms with E-state index in [1.54, 1.807) is 13.0 Å². The third kappa shape index (κ3) is 3.05. The van der Waals surface area contributed by atoms with E-state index in [0.29, 0.717) is 5.56 Å². The number of carbonyl (C=O) groups is 2. The van der Waals surface area contributed by atoms with Crippen LogP contribution < -0.4 is 5.32 Å². The smallest absolute Gasteiger partial charge is 0.326 e. The summed E-state index contributed by atoms with van der Waals surface area (Å²) in [6.45, 7) is 1.62. The minimum atomic E-state index is -1.17. The number of β-amino-alcohol motifs (C(OH)–C–C–N with tert-alkyl or cyclic N) is 1. The fourth-order valence-electron chi connectivity index (χ4n) is 2.28. The van der Waals surface area contributed by atoms with E-state index in [0.717, 1.165) is 11.0 Å². The molecule has 0 bridgehead atoms. The van der Waals surface area contributed by atoms with Crippen LogP contribution >= 0.6 is 0 Å². The molecule has 1 unspecified atom stereocenters. The molecule has 1 aromatic carbocycles. The van der Waals surface area contributed by atoms with Crippen LogP contribution in [0.25, 0.3) is 0 Å². The lowest BCUT2D eigenvalue weighted by Crippen LogP contribution is -2.43. The Balaban J connectivity index is 2.13. The number of benzene rings is 1. The number of amides is 2. The number of likely N-dealkylation sites (tertiary alicyclic amines) is 1. The van der Waals surface area contributed by atoms with Crippen LogP contribution in [0.1, 0.15) is 12.0 Å². The summed E-state index contributed by atoms with van der Waals surface area (Å²) in [5.74, 6) is -1.66. The molecule has 2 amide bonds. The molecule has 6 nitrogen and oxygen atoms in total. The lowest BCUT2D eigenvalue weighted by atomic mass is 10.2. The number of rotatable bonds is 2. The number of urea groups is 1. The number of hydrogen-bond donors (Lipinski definition) is 3. The molecule has 0 saturated carbocycles. The number of aryl methyl sites for hydroxylation is 1.